The second kappa shape index (κ2) is 8.45. The zero-order chi connectivity index (χ0) is 18.5. The molecule has 1 aromatic carbocycles. The van der Waals surface area contributed by atoms with Crippen molar-refractivity contribution in [1.29, 1.82) is 0 Å². The van der Waals surface area contributed by atoms with Crippen molar-refractivity contribution in [2.75, 3.05) is 18.4 Å². The Bertz CT molecular complexity index is 779. The Balaban J connectivity index is 1.44. The third kappa shape index (κ3) is 4.91. The number of amides is 2. The number of hydrogen-bond acceptors (Lipinski definition) is 4. The Morgan fingerprint density at radius 1 is 1.27 bits per heavy atom. The van der Waals surface area contributed by atoms with Crippen molar-refractivity contribution in [3.63, 3.8) is 0 Å². The van der Waals surface area contributed by atoms with Gasteiger partial charge in [-0.3, -0.25) is 9.59 Å². The van der Waals surface area contributed by atoms with E-state index in [2.05, 4.69) is 35.4 Å². The Morgan fingerprint density at radius 3 is 2.69 bits per heavy atom. The van der Waals surface area contributed by atoms with Crippen molar-refractivity contribution in [2.45, 2.75) is 39.5 Å². The number of aryl methyl sites for hydroxylation is 3. The first kappa shape index (κ1) is 18.6. The molecule has 2 aromatic rings. The number of benzene rings is 1. The molecule has 1 N–H and O–H groups in total. The first-order valence-electron chi connectivity index (χ1n) is 9.07. The van der Waals surface area contributed by atoms with Gasteiger partial charge in [-0.05, 0) is 38.7 Å². The van der Waals surface area contributed by atoms with Gasteiger partial charge in [0.1, 0.15) is 0 Å². The largest absolute Gasteiger partial charge is 0.343 e. The van der Waals surface area contributed by atoms with Gasteiger partial charge in [-0.25, -0.2) is 4.98 Å². The average molecular weight is 372 g/mol. The summed E-state index contributed by atoms with van der Waals surface area (Å²) in [5.74, 6) is 0.159. The lowest BCUT2D eigenvalue weighted by molar-refractivity contribution is -0.134. The highest BCUT2D eigenvalue weighted by molar-refractivity contribution is 7.13. The van der Waals surface area contributed by atoms with E-state index in [9.17, 15) is 9.59 Å². The van der Waals surface area contributed by atoms with Crippen molar-refractivity contribution in [2.24, 2.45) is 5.92 Å². The zero-order valence-electron chi connectivity index (χ0n) is 15.3. The lowest BCUT2D eigenvalue weighted by Crippen LogP contribution is -2.41. The summed E-state index contributed by atoms with van der Waals surface area (Å²) in [6, 6.07) is 8.29. The minimum atomic E-state index is -0.0416. The Morgan fingerprint density at radius 2 is 2.04 bits per heavy atom. The number of carbonyl (C=O) groups is 2. The monoisotopic (exact) mass is 371 g/mol. The van der Waals surface area contributed by atoms with E-state index >= 15 is 0 Å². The molecule has 1 aromatic heterocycles. The highest BCUT2D eigenvalue weighted by Crippen LogP contribution is 2.22. The minimum Gasteiger partial charge on any atom is -0.343 e. The van der Waals surface area contributed by atoms with E-state index in [1.54, 1.807) is 0 Å². The van der Waals surface area contributed by atoms with Crippen LogP contribution in [0.15, 0.2) is 29.6 Å². The highest BCUT2D eigenvalue weighted by Gasteiger charge is 2.27. The fourth-order valence-electron chi connectivity index (χ4n) is 3.29. The minimum absolute atomic E-state index is 0.0196. The predicted octanol–water partition coefficient (Wildman–Crippen LogP) is 3.57. The highest BCUT2D eigenvalue weighted by atomic mass is 32.1. The Kier molecular flexibility index (Phi) is 6.04. The molecule has 2 heterocycles. The average Bonchev–Trinajstić information content (AvgIpc) is 3.04. The van der Waals surface area contributed by atoms with Crippen LogP contribution in [-0.2, 0) is 16.0 Å². The SMILES string of the molecule is Cc1cccc(CCC(=O)N2CCC(C(=O)Nc3nc(C)cs3)CC2)c1. The van der Waals surface area contributed by atoms with Crippen LogP contribution in [0.1, 0.15) is 36.1 Å². The Labute approximate surface area is 158 Å². The van der Waals surface area contributed by atoms with Crippen molar-refractivity contribution in [1.82, 2.24) is 9.88 Å². The van der Waals surface area contributed by atoms with Gasteiger partial charge in [0.2, 0.25) is 11.8 Å². The summed E-state index contributed by atoms with van der Waals surface area (Å²) >= 11 is 1.45. The number of piperidine rings is 1. The first-order valence-corrected chi connectivity index (χ1v) is 9.95. The topological polar surface area (TPSA) is 62.3 Å². The molecule has 0 unspecified atom stereocenters. The van der Waals surface area contributed by atoms with E-state index < -0.39 is 0 Å². The van der Waals surface area contributed by atoms with Crippen LogP contribution in [0.2, 0.25) is 0 Å². The van der Waals surface area contributed by atoms with Crippen LogP contribution in [-0.4, -0.2) is 34.8 Å². The summed E-state index contributed by atoms with van der Waals surface area (Å²) < 4.78 is 0. The molecule has 0 aliphatic carbocycles. The van der Waals surface area contributed by atoms with Gasteiger partial charge in [0.25, 0.3) is 0 Å². The first-order chi connectivity index (χ1) is 12.5. The van der Waals surface area contributed by atoms with E-state index in [0.717, 1.165) is 12.1 Å². The molecule has 0 spiro atoms. The number of hydrogen-bond donors (Lipinski definition) is 1. The summed E-state index contributed by atoms with van der Waals surface area (Å²) in [4.78, 5) is 31.0. The summed E-state index contributed by atoms with van der Waals surface area (Å²) in [5, 5.41) is 5.47. The molecule has 0 bridgehead atoms. The molecule has 1 aliphatic rings. The van der Waals surface area contributed by atoms with E-state index in [4.69, 9.17) is 0 Å². The number of thiazole rings is 1. The van der Waals surface area contributed by atoms with Crippen molar-refractivity contribution in [3.05, 3.63) is 46.5 Å². The van der Waals surface area contributed by atoms with E-state index in [-0.39, 0.29) is 17.7 Å². The summed E-state index contributed by atoms with van der Waals surface area (Å²) in [6.07, 6.45) is 2.72. The predicted molar refractivity (Wildman–Crippen MR) is 104 cm³/mol. The van der Waals surface area contributed by atoms with E-state index in [0.29, 0.717) is 37.5 Å². The molecular weight excluding hydrogens is 346 g/mol. The number of aromatic nitrogens is 1. The molecule has 3 rings (SSSR count). The molecule has 5 nitrogen and oxygen atoms in total. The lowest BCUT2D eigenvalue weighted by Gasteiger charge is -2.31. The van der Waals surface area contributed by atoms with Crippen LogP contribution in [0.25, 0.3) is 0 Å². The number of likely N-dealkylation sites (tertiary alicyclic amines) is 1. The van der Waals surface area contributed by atoms with Crippen molar-refractivity contribution < 1.29 is 9.59 Å². The molecule has 0 radical (unpaired) electrons. The quantitative estimate of drug-likeness (QED) is 0.874. The molecule has 6 heteroatoms. The number of nitrogens with zero attached hydrogens (tertiary/aromatic N) is 2. The molecule has 138 valence electrons. The summed E-state index contributed by atoms with van der Waals surface area (Å²) in [6.45, 7) is 5.28. The second-order valence-electron chi connectivity index (χ2n) is 6.93. The molecule has 0 atom stereocenters. The molecule has 1 saturated heterocycles. The van der Waals surface area contributed by atoms with Crippen molar-refractivity contribution >= 4 is 28.3 Å². The van der Waals surface area contributed by atoms with Crippen LogP contribution in [0, 0.1) is 19.8 Å². The van der Waals surface area contributed by atoms with Gasteiger partial charge >= 0.3 is 0 Å². The summed E-state index contributed by atoms with van der Waals surface area (Å²) in [5.41, 5.74) is 3.34. The van der Waals surface area contributed by atoms with Gasteiger partial charge in [0.15, 0.2) is 5.13 Å². The third-order valence-corrected chi connectivity index (χ3v) is 5.65. The standard InChI is InChI=1S/C20H25N3O2S/c1-14-4-3-5-16(12-14)6-7-18(24)23-10-8-17(9-11-23)19(25)22-20-21-15(2)13-26-20/h3-5,12-13,17H,6-11H2,1-2H3,(H,21,22,25). The van der Waals surface area contributed by atoms with E-state index in [1.807, 2.05) is 23.3 Å². The van der Waals surface area contributed by atoms with Gasteiger partial charge in [0.05, 0.1) is 5.69 Å². The van der Waals surface area contributed by atoms with Gasteiger partial charge < -0.3 is 10.2 Å². The van der Waals surface area contributed by atoms with Gasteiger partial charge in [-0.2, -0.15) is 0 Å². The molecule has 1 fully saturated rings. The summed E-state index contributed by atoms with van der Waals surface area (Å²) in [7, 11) is 0. The van der Waals surface area contributed by atoms with E-state index in [1.165, 1.54) is 22.5 Å². The van der Waals surface area contributed by atoms with Crippen LogP contribution < -0.4 is 5.32 Å². The van der Waals surface area contributed by atoms with Gasteiger partial charge in [-0.15, -0.1) is 11.3 Å². The van der Waals surface area contributed by atoms with Gasteiger partial charge in [0, 0.05) is 30.8 Å². The second-order valence-corrected chi connectivity index (χ2v) is 7.79. The lowest BCUT2D eigenvalue weighted by atomic mass is 9.95. The normalized spacial score (nSPS) is 15.1. The molecule has 26 heavy (non-hydrogen) atoms. The maximum Gasteiger partial charge on any atom is 0.229 e. The molecule has 0 saturated carbocycles. The smallest absolute Gasteiger partial charge is 0.229 e. The maximum atomic E-state index is 12.4. The number of anilines is 1. The van der Waals surface area contributed by atoms with Gasteiger partial charge in [-0.1, -0.05) is 29.8 Å². The molecule has 1 aliphatic heterocycles. The van der Waals surface area contributed by atoms with Crippen LogP contribution >= 0.6 is 11.3 Å². The third-order valence-electron chi connectivity index (χ3n) is 4.78. The zero-order valence-corrected chi connectivity index (χ0v) is 16.1. The molecular formula is C20H25N3O2S. The maximum absolute atomic E-state index is 12.4. The van der Waals surface area contributed by atoms with Crippen LogP contribution in [0.4, 0.5) is 5.13 Å². The Hall–Kier alpha value is -2.21. The number of rotatable bonds is 5. The molecule has 2 amide bonds. The number of nitrogens with one attached hydrogen (secondary N) is 1. The van der Waals surface area contributed by atoms with Crippen LogP contribution in [0.3, 0.4) is 0 Å². The fraction of sp³-hybridized carbons (Fsp3) is 0.450. The van der Waals surface area contributed by atoms with Crippen molar-refractivity contribution in [3.8, 4) is 0 Å². The van der Waals surface area contributed by atoms with Crippen LogP contribution in [0.5, 0.6) is 0 Å². The number of carbonyl (C=O) groups excluding carboxylic acids is 2. The fourth-order valence-corrected chi connectivity index (χ4v) is 3.98.